The summed E-state index contributed by atoms with van der Waals surface area (Å²) in [4.78, 5) is 0. The van der Waals surface area contributed by atoms with Gasteiger partial charge in [0.1, 0.15) is 17.1 Å². The summed E-state index contributed by atoms with van der Waals surface area (Å²) in [6, 6.07) is 12.2. The van der Waals surface area contributed by atoms with Gasteiger partial charge in [0, 0.05) is 17.0 Å². The average Bonchev–Trinajstić information content (AvgIpc) is 3.05. The molecule has 1 aromatic heterocycles. The summed E-state index contributed by atoms with van der Waals surface area (Å²) in [6.45, 7) is 0. The highest BCUT2D eigenvalue weighted by Gasteiger charge is 2.22. The van der Waals surface area contributed by atoms with Crippen molar-refractivity contribution in [2.45, 2.75) is 0 Å². The number of benzene rings is 3. The van der Waals surface area contributed by atoms with Crippen LogP contribution in [0.2, 0.25) is 0 Å². The molecule has 1 heterocycles. The summed E-state index contributed by atoms with van der Waals surface area (Å²) in [5, 5.41) is 21.0. The third kappa shape index (κ3) is 2.57. The molecule has 0 aliphatic heterocycles. The summed E-state index contributed by atoms with van der Waals surface area (Å²) >= 11 is 0. The van der Waals surface area contributed by atoms with Gasteiger partial charge >= 0.3 is 0 Å². The number of phenolic OH excluding ortho intramolecular Hbond substituents is 2. The van der Waals surface area contributed by atoms with Crippen molar-refractivity contribution in [2.24, 2.45) is 0 Å². The van der Waals surface area contributed by atoms with Crippen LogP contribution in [-0.2, 0) is 0 Å². The first-order valence-electron chi connectivity index (χ1n) is 8.25. The largest absolute Gasteiger partial charge is 0.504 e. The lowest BCUT2D eigenvalue weighted by molar-refractivity contribution is 0.403. The first-order chi connectivity index (χ1) is 13.1. The molecule has 0 aliphatic carbocycles. The van der Waals surface area contributed by atoms with Crippen LogP contribution in [0.15, 0.2) is 46.9 Å². The van der Waals surface area contributed by atoms with Crippen molar-refractivity contribution in [1.29, 1.82) is 0 Å². The second kappa shape index (κ2) is 6.32. The quantitative estimate of drug-likeness (QED) is 0.510. The van der Waals surface area contributed by atoms with E-state index >= 15 is 0 Å². The molecule has 6 heteroatoms. The molecule has 0 radical (unpaired) electrons. The van der Waals surface area contributed by atoms with E-state index in [0.29, 0.717) is 33.4 Å². The highest BCUT2D eigenvalue weighted by molar-refractivity contribution is 6.13. The Morgan fingerprint density at radius 3 is 2.15 bits per heavy atom. The molecule has 0 aliphatic rings. The van der Waals surface area contributed by atoms with Gasteiger partial charge in [-0.05, 0) is 29.8 Å². The third-order valence-electron chi connectivity index (χ3n) is 4.58. The first-order valence-corrected chi connectivity index (χ1v) is 8.25. The van der Waals surface area contributed by atoms with Crippen LogP contribution in [-0.4, -0.2) is 31.5 Å². The van der Waals surface area contributed by atoms with Crippen molar-refractivity contribution in [3.8, 4) is 39.9 Å². The lowest BCUT2D eigenvalue weighted by atomic mass is 10.0. The topological polar surface area (TPSA) is 81.3 Å². The fraction of sp³-hybridized carbons (Fsp3) is 0.143. The van der Waals surface area contributed by atoms with E-state index in [-0.39, 0.29) is 11.5 Å². The minimum Gasteiger partial charge on any atom is -0.504 e. The molecule has 4 aromatic rings. The molecule has 0 bridgehead atoms. The fourth-order valence-electron chi connectivity index (χ4n) is 3.27. The van der Waals surface area contributed by atoms with Gasteiger partial charge < -0.3 is 28.8 Å². The predicted molar refractivity (Wildman–Crippen MR) is 102 cm³/mol. The van der Waals surface area contributed by atoms with E-state index < -0.39 is 0 Å². The zero-order valence-corrected chi connectivity index (χ0v) is 15.1. The second-order valence-corrected chi connectivity index (χ2v) is 6.03. The van der Waals surface area contributed by atoms with Crippen LogP contribution in [0.3, 0.4) is 0 Å². The summed E-state index contributed by atoms with van der Waals surface area (Å²) in [5.41, 5.74) is 2.59. The van der Waals surface area contributed by atoms with Gasteiger partial charge in [-0.25, -0.2) is 0 Å². The lowest BCUT2D eigenvalue weighted by Crippen LogP contribution is -1.92. The van der Waals surface area contributed by atoms with Gasteiger partial charge in [-0.1, -0.05) is 12.1 Å². The zero-order chi connectivity index (χ0) is 19.1. The van der Waals surface area contributed by atoms with Crippen molar-refractivity contribution < 1.29 is 28.8 Å². The van der Waals surface area contributed by atoms with Gasteiger partial charge in [0.15, 0.2) is 22.8 Å². The second-order valence-electron chi connectivity index (χ2n) is 6.03. The van der Waals surface area contributed by atoms with Crippen LogP contribution in [0.5, 0.6) is 28.7 Å². The standard InChI is InChI=1S/C21H18O6/c1-24-12-6-4-11(5-7-12)13-9-18(25-2)19-14-8-15(22)16(23)10-17(14)27-21(19)20(13)26-3/h4-10,22-23H,1-3H3. The maximum absolute atomic E-state index is 9.89. The Morgan fingerprint density at radius 2 is 1.52 bits per heavy atom. The highest BCUT2D eigenvalue weighted by Crippen LogP contribution is 2.48. The summed E-state index contributed by atoms with van der Waals surface area (Å²) in [7, 11) is 4.75. The molecule has 0 fully saturated rings. The summed E-state index contributed by atoms with van der Waals surface area (Å²) in [5.74, 6) is 1.37. The molecular formula is C21H18O6. The Balaban J connectivity index is 2.07. The number of phenols is 2. The van der Waals surface area contributed by atoms with Gasteiger partial charge in [-0.3, -0.25) is 0 Å². The van der Waals surface area contributed by atoms with E-state index in [0.717, 1.165) is 16.9 Å². The van der Waals surface area contributed by atoms with Gasteiger partial charge in [0.05, 0.1) is 26.7 Å². The van der Waals surface area contributed by atoms with Crippen LogP contribution in [0, 0.1) is 0 Å². The molecule has 2 N–H and O–H groups in total. The number of hydrogen-bond donors (Lipinski definition) is 2. The van der Waals surface area contributed by atoms with Gasteiger partial charge in [-0.2, -0.15) is 0 Å². The Morgan fingerprint density at radius 1 is 0.815 bits per heavy atom. The number of methoxy groups -OCH3 is 3. The molecular weight excluding hydrogens is 348 g/mol. The number of aromatic hydroxyl groups is 2. The maximum atomic E-state index is 9.89. The number of ether oxygens (including phenoxy) is 3. The molecule has 0 amide bonds. The molecule has 3 aromatic carbocycles. The summed E-state index contributed by atoms with van der Waals surface area (Å²) in [6.07, 6.45) is 0. The Bertz CT molecular complexity index is 1140. The van der Waals surface area contributed by atoms with E-state index in [9.17, 15) is 10.2 Å². The SMILES string of the molecule is COc1ccc(-c2cc(OC)c3c(oc4cc(O)c(O)cc43)c2OC)cc1. The smallest absolute Gasteiger partial charge is 0.181 e. The molecule has 4 rings (SSSR count). The number of rotatable bonds is 4. The van der Waals surface area contributed by atoms with Crippen LogP contribution in [0.25, 0.3) is 33.1 Å². The van der Waals surface area contributed by atoms with E-state index in [2.05, 4.69) is 0 Å². The maximum Gasteiger partial charge on any atom is 0.181 e. The van der Waals surface area contributed by atoms with E-state index in [1.165, 1.54) is 12.1 Å². The zero-order valence-electron chi connectivity index (χ0n) is 15.1. The molecule has 0 spiro atoms. The van der Waals surface area contributed by atoms with Crippen molar-refractivity contribution in [2.75, 3.05) is 21.3 Å². The van der Waals surface area contributed by atoms with Crippen molar-refractivity contribution in [3.63, 3.8) is 0 Å². The van der Waals surface area contributed by atoms with Crippen molar-refractivity contribution in [1.82, 2.24) is 0 Å². The highest BCUT2D eigenvalue weighted by atomic mass is 16.5. The van der Waals surface area contributed by atoms with Gasteiger partial charge in [0.2, 0.25) is 0 Å². The normalized spacial score (nSPS) is 11.1. The average molecular weight is 366 g/mol. The van der Waals surface area contributed by atoms with Crippen LogP contribution >= 0.6 is 0 Å². The van der Waals surface area contributed by atoms with Crippen LogP contribution < -0.4 is 14.2 Å². The molecule has 0 atom stereocenters. The van der Waals surface area contributed by atoms with Crippen LogP contribution in [0.1, 0.15) is 0 Å². The molecule has 6 nitrogen and oxygen atoms in total. The predicted octanol–water partition coefficient (Wildman–Crippen LogP) is 4.69. The van der Waals surface area contributed by atoms with Crippen LogP contribution in [0.4, 0.5) is 0 Å². The molecule has 138 valence electrons. The van der Waals surface area contributed by atoms with Gasteiger partial charge in [-0.15, -0.1) is 0 Å². The minimum atomic E-state index is -0.255. The monoisotopic (exact) mass is 366 g/mol. The van der Waals surface area contributed by atoms with E-state index in [1.807, 2.05) is 30.3 Å². The Hall–Kier alpha value is -3.54. The summed E-state index contributed by atoms with van der Waals surface area (Å²) < 4.78 is 22.4. The minimum absolute atomic E-state index is 0.231. The number of fused-ring (bicyclic) bond motifs is 3. The molecule has 0 unspecified atom stereocenters. The molecule has 0 saturated heterocycles. The molecule has 27 heavy (non-hydrogen) atoms. The van der Waals surface area contributed by atoms with E-state index in [1.54, 1.807) is 21.3 Å². The van der Waals surface area contributed by atoms with Crippen molar-refractivity contribution >= 4 is 21.9 Å². The van der Waals surface area contributed by atoms with E-state index in [4.69, 9.17) is 18.6 Å². The third-order valence-corrected chi connectivity index (χ3v) is 4.58. The number of hydrogen-bond acceptors (Lipinski definition) is 6. The Kier molecular flexibility index (Phi) is 3.96. The van der Waals surface area contributed by atoms with Gasteiger partial charge in [0.25, 0.3) is 0 Å². The lowest BCUT2D eigenvalue weighted by Gasteiger charge is -2.12. The Labute approximate surface area is 155 Å². The molecule has 0 saturated carbocycles. The first kappa shape index (κ1) is 16.9. The van der Waals surface area contributed by atoms with Crippen molar-refractivity contribution in [3.05, 3.63) is 42.5 Å². The fourth-order valence-corrected chi connectivity index (χ4v) is 3.27. The number of furan rings is 1.